The van der Waals surface area contributed by atoms with Gasteiger partial charge in [-0.1, -0.05) is 18.2 Å². The van der Waals surface area contributed by atoms with E-state index in [-0.39, 0.29) is 29.5 Å². The topological polar surface area (TPSA) is 50.4 Å². The standard InChI is InChI=1S/C16H20F2N2O2/c17-16(18)22-14-6-2-1-5-11(14)12-8-13(12)15(21)20-10-4-3-7-19-9-10/h1-2,5-6,10,12-13,16,19H,3-4,7-9H2,(H,20,21)/t10-,12?,13?/m0/s1. The van der Waals surface area contributed by atoms with Crippen LogP contribution < -0.4 is 15.4 Å². The number of rotatable bonds is 5. The minimum Gasteiger partial charge on any atom is -0.435 e. The lowest BCUT2D eigenvalue weighted by atomic mass is 10.1. The second kappa shape index (κ2) is 6.60. The molecular weight excluding hydrogens is 290 g/mol. The van der Waals surface area contributed by atoms with Crippen molar-refractivity contribution in [2.45, 2.75) is 37.8 Å². The number of hydrogen-bond acceptors (Lipinski definition) is 3. The first-order valence-corrected chi connectivity index (χ1v) is 7.70. The number of alkyl halides is 2. The fourth-order valence-corrected chi connectivity index (χ4v) is 3.10. The zero-order chi connectivity index (χ0) is 15.5. The van der Waals surface area contributed by atoms with Crippen LogP contribution in [0.3, 0.4) is 0 Å². The Kier molecular flexibility index (Phi) is 4.57. The van der Waals surface area contributed by atoms with Crippen molar-refractivity contribution in [3.05, 3.63) is 29.8 Å². The van der Waals surface area contributed by atoms with Crippen molar-refractivity contribution >= 4 is 5.91 Å². The van der Waals surface area contributed by atoms with Crippen molar-refractivity contribution in [2.75, 3.05) is 13.1 Å². The average Bonchev–Trinajstić information content (AvgIpc) is 3.29. The summed E-state index contributed by atoms with van der Waals surface area (Å²) in [5, 5.41) is 6.31. The van der Waals surface area contributed by atoms with Gasteiger partial charge in [-0.15, -0.1) is 0 Å². The first kappa shape index (κ1) is 15.2. The van der Waals surface area contributed by atoms with Crippen LogP contribution >= 0.6 is 0 Å². The van der Waals surface area contributed by atoms with Crippen molar-refractivity contribution < 1.29 is 18.3 Å². The number of hydrogen-bond donors (Lipinski definition) is 2. The van der Waals surface area contributed by atoms with E-state index in [1.54, 1.807) is 18.2 Å². The Bertz CT molecular complexity index is 533. The maximum Gasteiger partial charge on any atom is 0.387 e. The van der Waals surface area contributed by atoms with Gasteiger partial charge in [0.05, 0.1) is 0 Å². The number of amides is 1. The Hall–Kier alpha value is -1.69. The van der Waals surface area contributed by atoms with Gasteiger partial charge in [0.15, 0.2) is 0 Å². The molecule has 6 heteroatoms. The lowest BCUT2D eigenvalue weighted by Gasteiger charge is -2.23. The molecule has 1 aliphatic carbocycles. The highest BCUT2D eigenvalue weighted by atomic mass is 19.3. The van der Waals surface area contributed by atoms with Crippen LogP contribution in [0, 0.1) is 5.92 Å². The van der Waals surface area contributed by atoms with E-state index in [9.17, 15) is 13.6 Å². The molecule has 0 bridgehead atoms. The van der Waals surface area contributed by atoms with Crippen LogP contribution in [0.2, 0.25) is 0 Å². The number of carbonyl (C=O) groups is 1. The second-order valence-corrected chi connectivity index (χ2v) is 5.92. The minimum atomic E-state index is -2.85. The predicted octanol–water partition coefficient (Wildman–Crippen LogP) is 2.26. The van der Waals surface area contributed by atoms with Gasteiger partial charge in [-0.2, -0.15) is 8.78 Å². The molecule has 1 heterocycles. The number of benzene rings is 1. The maximum absolute atomic E-state index is 12.4. The van der Waals surface area contributed by atoms with E-state index >= 15 is 0 Å². The molecule has 1 aliphatic heterocycles. The van der Waals surface area contributed by atoms with E-state index in [4.69, 9.17) is 0 Å². The summed E-state index contributed by atoms with van der Waals surface area (Å²) in [6, 6.07) is 6.91. The summed E-state index contributed by atoms with van der Waals surface area (Å²) in [6.45, 7) is -1.05. The van der Waals surface area contributed by atoms with Crippen LogP contribution in [0.5, 0.6) is 5.75 Å². The molecule has 2 fully saturated rings. The molecule has 2 unspecified atom stereocenters. The predicted molar refractivity (Wildman–Crippen MR) is 78.0 cm³/mol. The fourth-order valence-electron chi connectivity index (χ4n) is 3.10. The molecule has 1 saturated carbocycles. The first-order chi connectivity index (χ1) is 10.6. The molecule has 1 amide bonds. The third kappa shape index (κ3) is 3.55. The van der Waals surface area contributed by atoms with Gasteiger partial charge in [-0.05, 0) is 43.4 Å². The summed E-state index contributed by atoms with van der Waals surface area (Å²) < 4.78 is 29.4. The zero-order valence-electron chi connectivity index (χ0n) is 12.2. The molecule has 2 N–H and O–H groups in total. The Balaban J connectivity index is 1.60. The van der Waals surface area contributed by atoms with Crippen molar-refractivity contribution in [1.29, 1.82) is 0 Å². The molecular formula is C16H20F2N2O2. The van der Waals surface area contributed by atoms with Crippen molar-refractivity contribution in [3.63, 3.8) is 0 Å². The molecule has 3 rings (SSSR count). The largest absolute Gasteiger partial charge is 0.435 e. The molecule has 1 aromatic carbocycles. The van der Waals surface area contributed by atoms with Crippen LogP contribution in [-0.2, 0) is 4.79 Å². The van der Waals surface area contributed by atoms with Gasteiger partial charge in [-0.3, -0.25) is 4.79 Å². The van der Waals surface area contributed by atoms with E-state index in [2.05, 4.69) is 15.4 Å². The molecule has 0 radical (unpaired) electrons. The van der Waals surface area contributed by atoms with E-state index in [1.807, 2.05) is 0 Å². The summed E-state index contributed by atoms with van der Waals surface area (Å²) in [5.74, 6) is 0.0403. The monoisotopic (exact) mass is 310 g/mol. The van der Waals surface area contributed by atoms with Gasteiger partial charge < -0.3 is 15.4 Å². The minimum absolute atomic E-state index is 0.0190. The summed E-state index contributed by atoms with van der Waals surface area (Å²) in [6.07, 6.45) is 2.74. The van der Waals surface area contributed by atoms with Crippen LogP contribution in [0.15, 0.2) is 24.3 Å². The Morgan fingerprint density at radius 3 is 2.91 bits per heavy atom. The van der Waals surface area contributed by atoms with Crippen LogP contribution in [0.25, 0.3) is 0 Å². The highest BCUT2D eigenvalue weighted by Crippen LogP contribution is 2.50. The zero-order valence-corrected chi connectivity index (χ0v) is 12.2. The molecule has 120 valence electrons. The van der Waals surface area contributed by atoms with Gasteiger partial charge in [-0.25, -0.2) is 0 Å². The molecule has 2 aliphatic rings. The average molecular weight is 310 g/mol. The Morgan fingerprint density at radius 1 is 1.36 bits per heavy atom. The highest BCUT2D eigenvalue weighted by Gasteiger charge is 2.45. The third-order valence-corrected chi connectivity index (χ3v) is 4.31. The SMILES string of the molecule is O=C(N[C@H]1CCCNC1)C1CC1c1ccccc1OC(F)F. The molecule has 4 nitrogen and oxygen atoms in total. The summed E-state index contributed by atoms with van der Waals surface area (Å²) in [4.78, 5) is 12.3. The van der Waals surface area contributed by atoms with Crippen molar-refractivity contribution in [3.8, 4) is 5.75 Å². The van der Waals surface area contributed by atoms with Gasteiger partial charge in [0.25, 0.3) is 0 Å². The number of ether oxygens (including phenoxy) is 1. The van der Waals surface area contributed by atoms with Gasteiger partial charge in [0.1, 0.15) is 5.75 Å². The number of carbonyl (C=O) groups excluding carboxylic acids is 1. The molecule has 22 heavy (non-hydrogen) atoms. The second-order valence-electron chi connectivity index (χ2n) is 5.92. The summed E-state index contributed by atoms with van der Waals surface area (Å²) >= 11 is 0. The van der Waals surface area contributed by atoms with Gasteiger partial charge >= 0.3 is 6.61 Å². The lowest BCUT2D eigenvalue weighted by molar-refractivity contribution is -0.123. The van der Waals surface area contributed by atoms with E-state index in [1.165, 1.54) is 6.07 Å². The Labute approximate surface area is 128 Å². The Morgan fingerprint density at radius 2 is 2.18 bits per heavy atom. The first-order valence-electron chi connectivity index (χ1n) is 7.70. The quantitative estimate of drug-likeness (QED) is 0.877. The van der Waals surface area contributed by atoms with E-state index < -0.39 is 6.61 Å². The molecule has 1 aromatic rings. The van der Waals surface area contributed by atoms with Gasteiger partial charge in [0.2, 0.25) is 5.91 Å². The van der Waals surface area contributed by atoms with Crippen LogP contribution in [0.4, 0.5) is 8.78 Å². The highest BCUT2D eigenvalue weighted by molar-refractivity contribution is 5.83. The lowest BCUT2D eigenvalue weighted by Crippen LogP contribution is -2.46. The third-order valence-electron chi connectivity index (χ3n) is 4.31. The summed E-state index contributed by atoms with van der Waals surface area (Å²) in [7, 11) is 0. The number of para-hydroxylation sites is 1. The number of halogens is 2. The van der Waals surface area contributed by atoms with Crippen LogP contribution in [-0.4, -0.2) is 31.7 Å². The molecule has 0 aromatic heterocycles. The van der Waals surface area contributed by atoms with Crippen LogP contribution in [0.1, 0.15) is 30.7 Å². The smallest absolute Gasteiger partial charge is 0.387 e. The maximum atomic E-state index is 12.4. The van der Waals surface area contributed by atoms with Gasteiger partial charge in [0, 0.05) is 18.5 Å². The fraction of sp³-hybridized carbons (Fsp3) is 0.562. The van der Waals surface area contributed by atoms with E-state index in [0.717, 1.165) is 25.9 Å². The summed E-state index contributed by atoms with van der Waals surface area (Å²) in [5.41, 5.74) is 0.699. The van der Waals surface area contributed by atoms with Crippen molar-refractivity contribution in [1.82, 2.24) is 10.6 Å². The molecule has 1 saturated heterocycles. The molecule has 0 spiro atoms. The van der Waals surface area contributed by atoms with E-state index in [0.29, 0.717) is 12.0 Å². The van der Waals surface area contributed by atoms with Crippen molar-refractivity contribution in [2.24, 2.45) is 5.92 Å². The number of piperidine rings is 1. The normalized spacial score (nSPS) is 27.5. The molecule has 3 atom stereocenters. The number of nitrogens with one attached hydrogen (secondary N) is 2.